The number of nitrogens with zero attached hydrogens (tertiary/aromatic N) is 12. The first-order valence-electron chi connectivity index (χ1n) is 22.5. The Kier molecular flexibility index (Phi) is 19.4. The van der Waals surface area contributed by atoms with Crippen LogP contribution in [0.25, 0.3) is 0 Å². The summed E-state index contributed by atoms with van der Waals surface area (Å²) in [4.78, 5) is 32.6. The van der Waals surface area contributed by atoms with Crippen molar-refractivity contribution >= 4 is 48.7 Å². The van der Waals surface area contributed by atoms with Crippen LogP contribution in [0.15, 0.2) is 14.3 Å². The molecule has 380 valence electrons. The zero-order valence-electron chi connectivity index (χ0n) is 39.2. The van der Waals surface area contributed by atoms with Gasteiger partial charge in [0.2, 0.25) is 17.9 Å². The molecule has 0 aromatic rings. The van der Waals surface area contributed by atoms with Gasteiger partial charge in [-0.25, -0.2) is 32.3 Å². The van der Waals surface area contributed by atoms with Gasteiger partial charge in [-0.3, -0.25) is 18.1 Å². The van der Waals surface area contributed by atoms with Crippen LogP contribution in [0.4, 0.5) is 0 Å². The lowest BCUT2D eigenvalue weighted by Crippen LogP contribution is -2.45. The van der Waals surface area contributed by atoms with Crippen LogP contribution in [-0.4, -0.2) is 268 Å². The zero-order chi connectivity index (χ0) is 47.7. The summed E-state index contributed by atoms with van der Waals surface area (Å²) < 4.78 is 116. The average molecular weight is 1020 g/mol. The molecule has 6 heterocycles. The second kappa shape index (κ2) is 23.9. The van der Waals surface area contributed by atoms with Crippen molar-refractivity contribution in [1.29, 1.82) is 0 Å². The smallest absolute Gasteiger partial charge is 0.396 e. The van der Waals surface area contributed by atoms with E-state index in [-0.39, 0.29) is 92.1 Å². The summed E-state index contributed by atoms with van der Waals surface area (Å²) in [6, 6.07) is 0. The lowest BCUT2D eigenvalue weighted by atomic mass is 10.2. The summed E-state index contributed by atoms with van der Waals surface area (Å²) in [6.07, 6.45) is 0.424. The maximum absolute atomic E-state index is 15.2. The predicted octanol–water partition coefficient (Wildman–Crippen LogP) is 0.825. The quantitative estimate of drug-likeness (QED) is 0.100. The third kappa shape index (κ3) is 14.4. The van der Waals surface area contributed by atoms with Crippen molar-refractivity contribution in [1.82, 2.24) is 43.4 Å². The maximum Gasteiger partial charge on any atom is 0.472 e. The van der Waals surface area contributed by atoms with Gasteiger partial charge >= 0.3 is 30.8 Å². The van der Waals surface area contributed by atoms with Gasteiger partial charge in [-0.05, 0) is 12.8 Å². The Labute approximate surface area is 388 Å². The molecular formula is C36H72N12O14P4. The third-order valence-electron chi connectivity index (χ3n) is 12.0. The van der Waals surface area contributed by atoms with Crippen molar-refractivity contribution < 1.29 is 65.5 Å². The summed E-state index contributed by atoms with van der Waals surface area (Å²) >= 11 is 0. The molecule has 0 aliphatic carbocycles. The van der Waals surface area contributed by atoms with Crippen molar-refractivity contribution in [3.8, 4) is 0 Å². The summed E-state index contributed by atoms with van der Waals surface area (Å²) in [5.41, 5.74) is 0. The maximum atomic E-state index is 15.2. The Balaban J connectivity index is 1.13. The molecule has 26 nitrogen and oxygen atoms in total. The first kappa shape index (κ1) is 53.6. The molecule has 0 saturated carbocycles. The molecule has 0 bridgehead atoms. The highest BCUT2D eigenvalue weighted by atomic mass is 31.2. The Morgan fingerprint density at radius 2 is 0.864 bits per heavy atom. The number of aliphatic hydroxyl groups excluding tert-OH is 1. The lowest BCUT2D eigenvalue weighted by Gasteiger charge is -2.38. The van der Waals surface area contributed by atoms with E-state index in [0.717, 1.165) is 12.8 Å². The monoisotopic (exact) mass is 1020 g/mol. The molecule has 0 aromatic heterocycles. The van der Waals surface area contributed by atoms with Crippen molar-refractivity contribution in [2.45, 2.75) is 44.0 Å². The Morgan fingerprint density at radius 1 is 0.500 bits per heavy atom. The SMILES string of the molecule is CN1CCN(C)C1=NP(=O)(O)N1CCO[C@@H](COP(=O)(N=C2N(C)CCN2C)N2CCO[C@@H](COP(=O)(N=C3N(C)CCN3C)N3CCO[C@@H](COP(=O)(O)OCCCCCCO)C3)C2)C1. The highest BCUT2D eigenvalue weighted by molar-refractivity contribution is 7.55. The minimum absolute atomic E-state index is 0.00409. The highest BCUT2D eigenvalue weighted by Gasteiger charge is 2.44. The minimum Gasteiger partial charge on any atom is -0.396 e. The van der Waals surface area contributed by atoms with Crippen molar-refractivity contribution in [2.75, 3.05) is 174 Å². The number of unbranched alkanes of at least 4 members (excludes halogenated alkanes) is 3. The molecule has 0 aromatic carbocycles. The number of rotatable bonds is 22. The van der Waals surface area contributed by atoms with Crippen molar-refractivity contribution in [3.63, 3.8) is 0 Å². The molecule has 6 fully saturated rings. The lowest BCUT2D eigenvalue weighted by molar-refractivity contribution is -0.0465. The van der Waals surface area contributed by atoms with Crippen molar-refractivity contribution in [3.05, 3.63) is 0 Å². The largest absolute Gasteiger partial charge is 0.472 e. The molecule has 0 radical (unpaired) electrons. The molecule has 6 saturated heterocycles. The zero-order valence-corrected chi connectivity index (χ0v) is 42.8. The molecule has 3 N–H and O–H groups in total. The van der Waals surface area contributed by atoms with Gasteiger partial charge in [0.25, 0.3) is 0 Å². The van der Waals surface area contributed by atoms with Crippen LogP contribution in [0, 0.1) is 0 Å². The normalized spacial score (nSPS) is 27.9. The molecular weight excluding hydrogens is 948 g/mol. The minimum atomic E-state index is -4.41. The topological polar surface area (TPSA) is 260 Å². The van der Waals surface area contributed by atoms with Crippen molar-refractivity contribution in [2.24, 2.45) is 14.3 Å². The van der Waals surface area contributed by atoms with E-state index >= 15 is 9.13 Å². The first-order chi connectivity index (χ1) is 31.3. The van der Waals surface area contributed by atoms with Crippen LogP contribution in [0.3, 0.4) is 0 Å². The number of hydrogen-bond donors (Lipinski definition) is 3. The number of phosphoric acid groups is 1. The molecule has 6 rings (SSSR count). The van der Waals surface area contributed by atoms with Gasteiger partial charge in [-0.15, -0.1) is 0 Å². The van der Waals surface area contributed by atoms with Gasteiger partial charge in [0, 0.05) is 127 Å². The molecule has 6 aliphatic heterocycles. The predicted molar refractivity (Wildman–Crippen MR) is 246 cm³/mol. The number of phosphoric ester groups is 1. The van der Waals surface area contributed by atoms with E-state index in [1.54, 1.807) is 9.34 Å². The fourth-order valence-corrected chi connectivity index (χ4v) is 14.1. The molecule has 4 unspecified atom stereocenters. The van der Waals surface area contributed by atoms with Gasteiger partial charge in [-0.2, -0.15) is 14.3 Å². The first-order valence-corrected chi connectivity index (χ1v) is 28.7. The number of aliphatic hydroxyl groups is 1. The van der Waals surface area contributed by atoms with E-state index in [0.29, 0.717) is 70.0 Å². The number of guanidine groups is 3. The fourth-order valence-electron chi connectivity index (χ4n) is 8.02. The van der Waals surface area contributed by atoms with Gasteiger partial charge in [0.05, 0.1) is 64.6 Å². The third-order valence-corrected chi connectivity index (χ3v) is 18.5. The van der Waals surface area contributed by atoms with Crippen LogP contribution in [0.1, 0.15) is 25.7 Å². The number of ether oxygens (including phenoxy) is 3. The van der Waals surface area contributed by atoms with E-state index in [9.17, 15) is 18.9 Å². The van der Waals surface area contributed by atoms with Gasteiger partial charge in [0.15, 0.2) is 0 Å². The molecule has 0 spiro atoms. The van der Waals surface area contributed by atoms with Crippen LogP contribution in [0.5, 0.6) is 0 Å². The van der Waals surface area contributed by atoms with Crippen LogP contribution < -0.4 is 0 Å². The Hall–Kier alpha value is -1.79. The molecule has 66 heavy (non-hydrogen) atoms. The van der Waals surface area contributed by atoms with E-state index < -0.39 is 49.1 Å². The van der Waals surface area contributed by atoms with E-state index in [4.69, 9.17) is 46.9 Å². The molecule has 0 amide bonds. The summed E-state index contributed by atoms with van der Waals surface area (Å²) in [6.45, 7) is 4.25. The van der Waals surface area contributed by atoms with Crippen LogP contribution in [0.2, 0.25) is 0 Å². The van der Waals surface area contributed by atoms with Crippen LogP contribution >= 0.6 is 30.8 Å². The van der Waals surface area contributed by atoms with E-state index in [1.165, 1.54) is 4.67 Å². The molecule has 30 heteroatoms. The fraction of sp³-hybridized carbons (Fsp3) is 0.917. The van der Waals surface area contributed by atoms with Gasteiger partial charge < -0.3 is 58.5 Å². The summed E-state index contributed by atoms with van der Waals surface area (Å²) in [5, 5.41) is 8.96. The number of likely N-dealkylation sites (N-methyl/N-ethyl adjacent to an activating group) is 6. The standard InChI is InChI=1S/C36H72N12O14P4/c1-40-11-12-41(2)34(40)37-63(50,51)46-17-22-56-31(25-46)28-60-64(52,38-35-42(3)13-14-43(35)4)47-18-23-57-32(26-47)29-61-65(53,39-36-44(5)15-16-45(36)6)48-19-24-58-33(27-48)30-62-66(54,55)59-21-10-8-7-9-20-49/h31-33,49H,7-30H2,1-6H3,(H,50,51)(H,54,55)/t31-,32-,33-,64?,65?/m1/s1. The average Bonchev–Trinajstić information content (AvgIpc) is 3.91. The second-order valence-corrected chi connectivity index (χ2v) is 24.5. The molecule has 6 aliphatic rings. The number of morpholine rings is 3. The molecule has 7 atom stereocenters. The van der Waals surface area contributed by atoms with Crippen LogP contribution in [-0.2, 0) is 50.6 Å². The van der Waals surface area contributed by atoms with Gasteiger partial charge in [-0.1, -0.05) is 12.8 Å². The second-order valence-electron chi connectivity index (χ2n) is 17.3. The van der Waals surface area contributed by atoms with Gasteiger partial charge in [0.1, 0.15) is 0 Å². The summed E-state index contributed by atoms with van der Waals surface area (Å²) in [5.74, 6) is 1.36. The number of hydrogen-bond acceptors (Lipinski definition) is 12. The Morgan fingerprint density at radius 3 is 1.29 bits per heavy atom. The van der Waals surface area contributed by atoms with E-state index in [2.05, 4.69) is 4.76 Å². The Bertz CT molecular complexity index is 1870. The summed E-state index contributed by atoms with van der Waals surface area (Å²) in [7, 11) is -5.72. The highest BCUT2D eigenvalue weighted by Crippen LogP contribution is 2.57. The van der Waals surface area contributed by atoms with E-state index in [1.807, 2.05) is 71.7 Å².